The second-order valence-corrected chi connectivity index (χ2v) is 12.3. The summed E-state index contributed by atoms with van der Waals surface area (Å²) in [5, 5.41) is 0. The Bertz CT molecular complexity index is 1620. The van der Waals surface area contributed by atoms with Crippen molar-refractivity contribution in [3.63, 3.8) is 0 Å². The van der Waals surface area contributed by atoms with Crippen molar-refractivity contribution < 1.29 is 25.2 Å². The Balaban J connectivity index is 1.52. The lowest BCUT2D eigenvalue weighted by atomic mass is 9.78. The Morgan fingerprint density at radius 3 is 1.65 bits per heavy atom. The molecule has 4 aromatic carbocycles. The van der Waals surface area contributed by atoms with E-state index in [1.54, 1.807) is 86.6 Å². The van der Waals surface area contributed by atoms with Crippen molar-refractivity contribution in [3.8, 4) is 11.5 Å². The van der Waals surface area contributed by atoms with Gasteiger partial charge in [0.2, 0.25) is 0 Å². The molecule has 6 nitrogen and oxygen atoms in total. The van der Waals surface area contributed by atoms with Crippen molar-refractivity contribution in [2.24, 2.45) is 0 Å². The molecular formula is C29H28O6S2. The summed E-state index contributed by atoms with van der Waals surface area (Å²) in [6, 6.07) is 27.0. The molecule has 0 aliphatic rings. The molecule has 0 N–H and O–H groups in total. The van der Waals surface area contributed by atoms with Crippen LogP contribution < -0.4 is 8.37 Å². The van der Waals surface area contributed by atoms with E-state index in [2.05, 4.69) is 0 Å². The summed E-state index contributed by atoms with van der Waals surface area (Å²) >= 11 is 0. The van der Waals surface area contributed by atoms with Gasteiger partial charge in [-0.25, -0.2) is 0 Å². The molecule has 8 heteroatoms. The predicted molar refractivity (Wildman–Crippen MR) is 143 cm³/mol. The summed E-state index contributed by atoms with van der Waals surface area (Å²) in [5.41, 5.74) is 2.62. The molecule has 192 valence electrons. The molecule has 0 aromatic heterocycles. The second-order valence-electron chi connectivity index (χ2n) is 9.28. The third-order valence-electron chi connectivity index (χ3n) is 6.30. The third-order valence-corrected chi connectivity index (χ3v) is 8.96. The van der Waals surface area contributed by atoms with E-state index in [9.17, 15) is 16.8 Å². The number of hydrogen-bond acceptors (Lipinski definition) is 6. The fraction of sp³-hybridized carbons (Fsp3) is 0.172. The van der Waals surface area contributed by atoms with Gasteiger partial charge in [0.1, 0.15) is 21.3 Å². The van der Waals surface area contributed by atoms with Crippen LogP contribution in [0.5, 0.6) is 11.5 Å². The first-order chi connectivity index (χ1) is 17.4. The van der Waals surface area contributed by atoms with Crippen LogP contribution in [0, 0.1) is 13.8 Å². The zero-order valence-corrected chi connectivity index (χ0v) is 22.6. The van der Waals surface area contributed by atoms with Gasteiger partial charge in [-0.05, 0) is 72.5 Å². The molecule has 4 rings (SSSR count). The maximum Gasteiger partial charge on any atom is 0.339 e. The summed E-state index contributed by atoms with van der Waals surface area (Å²) in [5.74, 6) is 0.497. The van der Waals surface area contributed by atoms with Gasteiger partial charge in [0, 0.05) is 5.41 Å². The van der Waals surface area contributed by atoms with Gasteiger partial charge in [-0.2, -0.15) is 16.8 Å². The quantitative estimate of drug-likeness (QED) is 0.251. The first-order valence-corrected chi connectivity index (χ1v) is 14.4. The highest BCUT2D eigenvalue weighted by Gasteiger charge is 2.26. The van der Waals surface area contributed by atoms with Crippen molar-refractivity contribution in [2.45, 2.75) is 42.9 Å². The highest BCUT2D eigenvalue weighted by atomic mass is 32.2. The zero-order valence-electron chi connectivity index (χ0n) is 21.0. The van der Waals surface area contributed by atoms with Crippen molar-refractivity contribution in [3.05, 3.63) is 119 Å². The summed E-state index contributed by atoms with van der Waals surface area (Å²) < 4.78 is 61.6. The fourth-order valence-electron chi connectivity index (χ4n) is 3.96. The molecule has 0 aliphatic carbocycles. The molecule has 0 spiro atoms. The minimum Gasteiger partial charge on any atom is -0.379 e. The van der Waals surface area contributed by atoms with E-state index in [0.717, 1.165) is 16.7 Å². The smallest absolute Gasteiger partial charge is 0.339 e. The van der Waals surface area contributed by atoms with Gasteiger partial charge in [0.25, 0.3) is 0 Å². The predicted octanol–water partition coefficient (Wildman–Crippen LogP) is 6.16. The summed E-state index contributed by atoms with van der Waals surface area (Å²) in [6.07, 6.45) is 0. The van der Waals surface area contributed by atoms with E-state index in [1.165, 1.54) is 18.2 Å². The van der Waals surface area contributed by atoms with E-state index >= 15 is 0 Å². The largest absolute Gasteiger partial charge is 0.379 e. The Kier molecular flexibility index (Phi) is 7.17. The van der Waals surface area contributed by atoms with Crippen LogP contribution >= 0.6 is 0 Å². The fourth-order valence-corrected chi connectivity index (χ4v) is 6.11. The summed E-state index contributed by atoms with van der Waals surface area (Å²) in [4.78, 5) is 0.182. The van der Waals surface area contributed by atoms with Crippen LogP contribution in [-0.4, -0.2) is 16.8 Å². The average Bonchev–Trinajstić information content (AvgIpc) is 2.86. The third kappa shape index (κ3) is 5.70. The number of benzene rings is 4. The van der Waals surface area contributed by atoms with Crippen LogP contribution in [0.4, 0.5) is 0 Å². The standard InChI is InChI=1S/C29H28O6S2/c1-21-9-5-7-11-27(21)35-36(30,31)26-19-15-24(16-20-26)29(3,4)23-13-17-25(18-14-23)34-37(32,33)28-12-8-6-10-22(28)2/h5-20H,1-4H3. The Hall–Kier alpha value is -3.62. The normalized spacial score (nSPS) is 12.2. The Morgan fingerprint density at radius 2 is 1.08 bits per heavy atom. The highest BCUT2D eigenvalue weighted by molar-refractivity contribution is 7.87. The Labute approximate surface area is 218 Å². The van der Waals surface area contributed by atoms with Crippen molar-refractivity contribution in [2.75, 3.05) is 0 Å². The van der Waals surface area contributed by atoms with Crippen LogP contribution in [-0.2, 0) is 25.7 Å². The lowest BCUT2D eigenvalue weighted by Gasteiger charge is -2.26. The van der Waals surface area contributed by atoms with Gasteiger partial charge in [0.05, 0.1) is 0 Å². The van der Waals surface area contributed by atoms with Gasteiger partial charge in [-0.1, -0.05) is 74.5 Å². The number of para-hydroxylation sites is 1. The molecule has 0 radical (unpaired) electrons. The molecule has 0 amide bonds. The maximum atomic E-state index is 12.8. The number of hydrogen-bond donors (Lipinski definition) is 0. The molecular weight excluding hydrogens is 508 g/mol. The monoisotopic (exact) mass is 536 g/mol. The van der Waals surface area contributed by atoms with Crippen molar-refractivity contribution >= 4 is 20.2 Å². The highest BCUT2D eigenvalue weighted by Crippen LogP contribution is 2.34. The van der Waals surface area contributed by atoms with E-state index < -0.39 is 25.7 Å². The molecule has 0 saturated carbocycles. The number of aryl methyl sites for hydroxylation is 2. The molecule has 0 unspecified atom stereocenters. The molecule has 37 heavy (non-hydrogen) atoms. The second kappa shape index (κ2) is 10.0. The lowest BCUT2D eigenvalue weighted by molar-refractivity contribution is 0.482. The molecule has 0 bridgehead atoms. The Morgan fingerprint density at radius 1 is 0.568 bits per heavy atom. The lowest BCUT2D eigenvalue weighted by Crippen LogP contribution is -2.19. The number of rotatable bonds is 8. The molecule has 0 heterocycles. The summed E-state index contributed by atoms with van der Waals surface area (Å²) in [6.45, 7) is 7.50. The minimum atomic E-state index is -3.99. The van der Waals surface area contributed by atoms with Gasteiger partial charge in [-0.15, -0.1) is 0 Å². The van der Waals surface area contributed by atoms with Crippen molar-refractivity contribution in [1.82, 2.24) is 0 Å². The van der Waals surface area contributed by atoms with Crippen LogP contribution in [0.1, 0.15) is 36.1 Å². The minimum absolute atomic E-state index is 0.0560. The van der Waals surface area contributed by atoms with E-state index in [4.69, 9.17) is 8.37 Å². The van der Waals surface area contributed by atoms with Crippen LogP contribution in [0.25, 0.3) is 0 Å². The van der Waals surface area contributed by atoms with Crippen LogP contribution in [0.2, 0.25) is 0 Å². The zero-order chi connectivity index (χ0) is 26.8. The first kappa shape index (κ1) is 26.4. The molecule has 4 aromatic rings. The summed E-state index contributed by atoms with van der Waals surface area (Å²) in [7, 11) is -7.94. The van der Waals surface area contributed by atoms with Gasteiger partial charge < -0.3 is 8.37 Å². The SMILES string of the molecule is Cc1ccccc1OS(=O)(=O)c1ccc(C(C)(C)c2ccc(OS(=O)(=O)c3ccccc3C)cc2)cc1. The van der Waals surface area contributed by atoms with E-state index in [0.29, 0.717) is 11.3 Å². The average molecular weight is 537 g/mol. The first-order valence-electron chi connectivity index (χ1n) is 11.6. The van der Waals surface area contributed by atoms with Crippen LogP contribution in [0.15, 0.2) is 107 Å². The van der Waals surface area contributed by atoms with Gasteiger partial charge in [0.15, 0.2) is 0 Å². The molecule has 0 atom stereocenters. The van der Waals surface area contributed by atoms with Crippen LogP contribution in [0.3, 0.4) is 0 Å². The van der Waals surface area contributed by atoms with Gasteiger partial charge >= 0.3 is 20.2 Å². The van der Waals surface area contributed by atoms with Gasteiger partial charge in [-0.3, -0.25) is 0 Å². The topological polar surface area (TPSA) is 86.7 Å². The van der Waals surface area contributed by atoms with E-state index in [-0.39, 0.29) is 15.5 Å². The maximum absolute atomic E-state index is 12.8. The molecule has 0 aliphatic heterocycles. The molecule has 0 fully saturated rings. The van der Waals surface area contributed by atoms with E-state index in [1.807, 2.05) is 19.9 Å². The van der Waals surface area contributed by atoms with Crippen molar-refractivity contribution in [1.29, 1.82) is 0 Å². The molecule has 0 saturated heterocycles.